The summed E-state index contributed by atoms with van der Waals surface area (Å²) in [5.74, 6) is -0.0311. The van der Waals surface area contributed by atoms with E-state index in [1.165, 1.54) is 0 Å². The second-order valence-electron chi connectivity index (χ2n) is 3.15. The van der Waals surface area contributed by atoms with Crippen molar-refractivity contribution < 1.29 is 4.52 Å². The van der Waals surface area contributed by atoms with Crippen molar-refractivity contribution in [2.45, 2.75) is 6.54 Å². The maximum Gasteiger partial charge on any atom is 0.440 e. The Morgan fingerprint density at radius 3 is 2.71 bits per heavy atom. The maximum atomic E-state index is 11.1. The van der Waals surface area contributed by atoms with Crippen LogP contribution in [0.15, 0.2) is 32.4 Å². The Balaban J connectivity index is 0.00000144. The zero-order chi connectivity index (χ0) is 11.5. The molecule has 0 saturated heterocycles. The van der Waals surface area contributed by atoms with Gasteiger partial charge in [-0.3, -0.25) is 0 Å². The molecule has 2 aromatic heterocycles. The largest absolute Gasteiger partial charge is 0.440 e. The van der Waals surface area contributed by atoms with Crippen molar-refractivity contribution in [2.75, 3.05) is 12.4 Å². The van der Waals surface area contributed by atoms with Gasteiger partial charge in [0.1, 0.15) is 5.82 Å². The molecule has 8 heteroatoms. The Hall–Kier alpha value is -2.02. The summed E-state index contributed by atoms with van der Waals surface area (Å²) in [6.45, 7) is 0.175. The summed E-state index contributed by atoms with van der Waals surface area (Å²) in [5.41, 5.74) is 0.201. The zero-order valence-electron chi connectivity index (χ0n) is 8.97. The molecule has 0 radical (unpaired) electrons. The molecule has 0 aliphatic rings. The first-order valence-corrected chi connectivity index (χ1v) is 4.62. The van der Waals surface area contributed by atoms with Crippen LogP contribution in [0.1, 0.15) is 5.56 Å². The molecule has 2 aromatic rings. The second-order valence-corrected chi connectivity index (χ2v) is 3.15. The molecule has 0 fully saturated rings. The van der Waals surface area contributed by atoms with Crippen LogP contribution >= 0.6 is 12.4 Å². The molecule has 0 aliphatic carbocycles. The predicted octanol–water partition coefficient (Wildman–Crippen LogP) is 0.0364. The van der Waals surface area contributed by atoms with Gasteiger partial charge >= 0.3 is 11.4 Å². The minimum atomic E-state index is -0.759. The number of hydrogen-bond acceptors (Lipinski definition) is 5. The van der Waals surface area contributed by atoms with Gasteiger partial charge in [-0.2, -0.15) is 0 Å². The van der Waals surface area contributed by atoms with Gasteiger partial charge in [0.25, 0.3) is 0 Å². The van der Waals surface area contributed by atoms with Crippen LogP contribution in [0.3, 0.4) is 0 Å². The normalized spacial score (nSPS) is 9.71. The highest BCUT2D eigenvalue weighted by molar-refractivity contribution is 5.85. The molecule has 0 atom stereocenters. The van der Waals surface area contributed by atoms with Crippen LogP contribution in [0, 0.1) is 0 Å². The van der Waals surface area contributed by atoms with E-state index >= 15 is 0 Å². The lowest BCUT2D eigenvalue weighted by Crippen LogP contribution is -2.17. The van der Waals surface area contributed by atoms with Crippen molar-refractivity contribution in [1.82, 2.24) is 14.7 Å². The van der Waals surface area contributed by atoms with Gasteiger partial charge in [0.05, 0.1) is 6.54 Å². The van der Waals surface area contributed by atoms with Crippen LogP contribution in [0.25, 0.3) is 0 Å². The third kappa shape index (κ3) is 2.97. The number of anilines is 1. The van der Waals surface area contributed by atoms with Gasteiger partial charge in [0, 0.05) is 13.2 Å². The van der Waals surface area contributed by atoms with E-state index in [2.05, 4.69) is 14.8 Å². The molecule has 0 spiro atoms. The first kappa shape index (κ1) is 13.0. The summed E-state index contributed by atoms with van der Waals surface area (Å²) in [6, 6.07) is 3.56. The Bertz CT molecular complexity index is 583. The summed E-state index contributed by atoms with van der Waals surface area (Å²) in [5, 5.41) is 2.87. The number of halogens is 1. The zero-order valence-corrected chi connectivity index (χ0v) is 9.78. The van der Waals surface area contributed by atoms with Crippen LogP contribution in [0.2, 0.25) is 0 Å². The molecule has 7 nitrogen and oxygen atoms in total. The third-order valence-electron chi connectivity index (χ3n) is 2.04. The fourth-order valence-electron chi connectivity index (χ4n) is 1.25. The number of pyridine rings is 1. The number of rotatable bonds is 3. The predicted molar refractivity (Wildman–Crippen MR) is 63.7 cm³/mol. The first-order valence-electron chi connectivity index (χ1n) is 4.62. The molecule has 2 N–H and O–H groups in total. The minimum Gasteiger partial charge on any atom is -0.373 e. The lowest BCUT2D eigenvalue weighted by atomic mass is 10.3. The van der Waals surface area contributed by atoms with E-state index in [9.17, 15) is 9.59 Å². The molecule has 0 unspecified atom stereocenters. The lowest BCUT2D eigenvalue weighted by Gasteiger charge is -2.01. The van der Waals surface area contributed by atoms with Crippen LogP contribution in [0.4, 0.5) is 5.82 Å². The van der Waals surface area contributed by atoms with Crippen LogP contribution in [-0.2, 0) is 6.54 Å². The van der Waals surface area contributed by atoms with Crippen LogP contribution in [-0.4, -0.2) is 21.8 Å². The first-order chi connectivity index (χ1) is 7.69. The Labute approximate surface area is 102 Å². The van der Waals surface area contributed by atoms with Crippen molar-refractivity contribution in [3.05, 3.63) is 44.9 Å². The Kier molecular flexibility index (Phi) is 4.11. The summed E-state index contributed by atoms with van der Waals surface area (Å²) < 4.78 is 5.57. The highest BCUT2D eigenvalue weighted by Crippen LogP contribution is 2.04. The van der Waals surface area contributed by atoms with Gasteiger partial charge in [0.2, 0.25) is 0 Å². The van der Waals surface area contributed by atoms with Crippen LogP contribution in [0.5, 0.6) is 0 Å². The quantitative estimate of drug-likeness (QED) is 0.811. The molecule has 0 aromatic carbocycles. The number of hydrogen-bond donors (Lipinski definition) is 2. The average Bonchev–Trinajstić information content (AvgIpc) is 2.59. The van der Waals surface area contributed by atoms with Gasteiger partial charge in [-0.15, -0.1) is 17.1 Å². The van der Waals surface area contributed by atoms with Crippen molar-refractivity contribution in [3.63, 3.8) is 0 Å². The minimum absolute atomic E-state index is 0. The number of aromatic nitrogens is 3. The standard InChI is InChI=1S/C9H10N4O3.ClH/c1-10-7-3-2-6(4-11-7)5-13-8(14)12-9(15)16-13;/h2-4H,5H2,1H3,(H,10,11)(H,12,14,15);1H. The number of nitrogens with zero attached hydrogens (tertiary/aromatic N) is 2. The van der Waals surface area contributed by atoms with Gasteiger partial charge in [-0.25, -0.2) is 19.6 Å². The molecular weight excluding hydrogens is 248 g/mol. The SMILES string of the molecule is CNc1ccc(Cn2oc(=O)[nH]c2=O)cn1.Cl. The Morgan fingerprint density at radius 2 is 2.24 bits per heavy atom. The molecule has 17 heavy (non-hydrogen) atoms. The van der Waals surface area contributed by atoms with E-state index in [0.29, 0.717) is 0 Å². The molecule has 2 rings (SSSR count). The van der Waals surface area contributed by atoms with E-state index in [0.717, 1.165) is 16.1 Å². The summed E-state index contributed by atoms with van der Waals surface area (Å²) in [6.07, 6.45) is 1.60. The Morgan fingerprint density at radius 1 is 1.47 bits per heavy atom. The van der Waals surface area contributed by atoms with E-state index in [-0.39, 0.29) is 19.0 Å². The van der Waals surface area contributed by atoms with Gasteiger partial charge in [-0.1, -0.05) is 6.07 Å². The highest BCUT2D eigenvalue weighted by atomic mass is 35.5. The summed E-state index contributed by atoms with van der Waals surface area (Å²) >= 11 is 0. The summed E-state index contributed by atoms with van der Waals surface area (Å²) in [4.78, 5) is 28.0. The molecule has 92 valence electrons. The second kappa shape index (κ2) is 5.35. The number of H-pyrrole nitrogens is 1. The van der Waals surface area contributed by atoms with Gasteiger partial charge in [0.15, 0.2) is 0 Å². The third-order valence-corrected chi connectivity index (χ3v) is 2.04. The smallest absolute Gasteiger partial charge is 0.373 e. The maximum absolute atomic E-state index is 11.1. The molecule has 0 saturated carbocycles. The molecule has 0 amide bonds. The summed E-state index contributed by atoms with van der Waals surface area (Å²) in [7, 11) is 1.76. The van der Waals surface area contributed by atoms with Crippen molar-refractivity contribution in [2.24, 2.45) is 0 Å². The van der Waals surface area contributed by atoms with E-state index in [1.807, 2.05) is 4.98 Å². The van der Waals surface area contributed by atoms with Gasteiger partial charge in [-0.05, 0) is 11.6 Å². The number of nitrogens with one attached hydrogen (secondary N) is 2. The fraction of sp³-hybridized carbons (Fsp3) is 0.222. The van der Waals surface area contributed by atoms with E-state index in [4.69, 9.17) is 0 Å². The number of aromatic amines is 1. The van der Waals surface area contributed by atoms with Crippen LogP contribution < -0.4 is 16.8 Å². The molecule has 0 bridgehead atoms. The van der Waals surface area contributed by atoms with Crippen molar-refractivity contribution in [3.8, 4) is 0 Å². The molecule has 2 heterocycles. The molecular formula is C9H11ClN4O3. The van der Waals surface area contributed by atoms with Crippen molar-refractivity contribution in [1.29, 1.82) is 0 Å². The van der Waals surface area contributed by atoms with E-state index < -0.39 is 11.4 Å². The van der Waals surface area contributed by atoms with E-state index in [1.54, 1.807) is 25.4 Å². The van der Waals surface area contributed by atoms with Crippen molar-refractivity contribution >= 4 is 18.2 Å². The fourth-order valence-corrected chi connectivity index (χ4v) is 1.25. The van der Waals surface area contributed by atoms with Gasteiger partial charge < -0.3 is 9.84 Å². The lowest BCUT2D eigenvalue weighted by molar-refractivity contribution is 0.258. The monoisotopic (exact) mass is 258 g/mol. The highest BCUT2D eigenvalue weighted by Gasteiger charge is 2.03. The topological polar surface area (TPSA) is 92.9 Å². The average molecular weight is 259 g/mol. The molecule has 0 aliphatic heterocycles.